The number of hydrogen-bond acceptors (Lipinski definition) is 4. The summed E-state index contributed by atoms with van der Waals surface area (Å²) in [6.07, 6.45) is 24.0. The Morgan fingerprint density at radius 2 is 1.03 bits per heavy atom. The summed E-state index contributed by atoms with van der Waals surface area (Å²) < 4.78 is 29.6. The number of rotatable bonds is 22. The van der Waals surface area contributed by atoms with Crippen LogP contribution in [0.25, 0.3) is 0 Å². The van der Waals surface area contributed by atoms with Gasteiger partial charge in [-0.15, -0.1) is 0 Å². The first-order chi connectivity index (χ1) is 14.0. The van der Waals surface area contributed by atoms with Crippen LogP contribution in [0.5, 0.6) is 0 Å². The van der Waals surface area contributed by atoms with Crippen LogP contribution in [0, 0.1) is 0 Å². The van der Waals surface area contributed by atoms with E-state index >= 15 is 0 Å². The van der Waals surface area contributed by atoms with E-state index in [1.807, 2.05) is 0 Å². The van der Waals surface area contributed by atoms with Crippen molar-refractivity contribution in [1.29, 1.82) is 0 Å². The minimum Gasteiger partial charge on any atom is -0.862 e. The van der Waals surface area contributed by atoms with E-state index < -0.39 is 15.9 Å². The van der Waals surface area contributed by atoms with E-state index in [-0.39, 0.29) is 63.8 Å². The molecule has 5 nitrogen and oxygen atoms in total. The van der Waals surface area contributed by atoms with Gasteiger partial charge in [0.05, 0.1) is 12.3 Å². The number of unbranched alkanes of at least 4 members (excludes halogenated alkanes) is 17. The Morgan fingerprint density at radius 3 is 1.37 bits per heavy atom. The average Bonchev–Trinajstić information content (AvgIpc) is 2.66. The van der Waals surface area contributed by atoms with Crippen LogP contribution in [-0.2, 0) is 10.1 Å². The zero-order valence-corrected chi connectivity index (χ0v) is 23.8. The third kappa shape index (κ3) is 29.0. The second-order valence-electron chi connectivity index (χ2n) is 8.32. The molecule has 7 heteroatoms. The van der Waals surface area contributed by atoms with Gasteiger partial charge in [0, 0.05) is 0 Å². The molecule has 0 fully saturated rings. The van der Waals surface area contributed by atoms with Crippen LogP contribution in [0.1, 0.15) is 129 Å². The normalized spacial score (nSPS) is 12.1. The first-order valence-electron chi connectivity index (χ1n) is 12.1. The van der Waals surface area contributed by atoms with Crippen LogP contribution in [0.4, 0.5) is 0 Å². The third-order valence-electron chi connectivity index (χ3n) is 5.38. The van der Waals surface area contributed by atoms with Gasteiger partial charge >= 0.3 is 51.4 Å². The summed E-state index contributed by atoms with van der Waals surface area (Å²) in [6.45, 7) is 2.13. The van der Waals surface area contributed by atoms with Gasteiger partial charge in [-0.05, 0) is 18.7 Å². The quantitative estimate of drug-likeness (QED) is 0.0864. The van der Waals surface area contributed by atoms with Crippen LogP contribution in [0.15, 0.2) is 4.99 Å². The Bertz CT molecular complexity index is 484. The van der Waals surface area contributed by atoms with Crippen LogP contribution in [0.3, 0.4) is 0 Å². The smallest absolute Gasteiger partial charge is 0.862 e. The molecule has 0 aliphatic heterocycles. The molecule has 0 saturated carbocycles. The molecule has 0 saturated heterocycles. The van der Waals surface area contributed by atoms with Gasteiger partial charge in [-0.3, -0.25) is 4.55 Å². The van der Waals surface area contributed by atoms with E-state index in [4.69, 9.17) is 4.55 Å². The molecule has 174 valence electrons. The van der Waals surface area contributed by atoms with Crippen LogP contribution >= 0.6 is 0 Å². The van der Waals surface area contributed by atoms with Crippen molar-refractivity contribution in [2.45, 2.75) is 129 Å². The van der Waals surface area contributed by atoms with Crippen molar-refractivity contribution in [2.75, 3.05) is 12.3 Å². The molecule has 30 heavy (non-hydrogen) atoms. The Balaban J connectivity index is 0. The molecular weight excluding hydrogens is 425 g/mol. The summed E-state index contributed by atoms with van der Waals surface area (Å²) in [6, 6.07) is 0. The molecule has 0 atom stereocenters. The topological polar surface area (TPSA) is 89.8 Å². The Hall–Kier alpha value is 1.02. The molecule has 0 amide bonds. The zero-order valence-electron chi connectivity index (χ0n) is 19.9. The Morgan fingerprint density at radius 1 is 0.700 bits per heavy atom. The second-order valence-corrected chi connectivity index (χ2v) is 9.89. The molecule has 0 unspecified atom stereocenters. The molecule has 0 bridgehead atoms. The summed E-state index contributed by atoms with van der Waals surface area (Å²) in [5.74, 6) is -0.733. The standard InChI is InChI=1S/C23H47NO4S.K/c1-2-3-4-5-6-7-8-9-10-11-12-13-14-15-16-17-18-19-20-23(25)24-21-22-29(26,27)28;/h2-22H2,1H3,(H,24,25)(H,26,27,28);/q;+1/p-1. The monoisotopic (exact) mass is 471 g/mol. The summed E-state index contributed by atoms with van der Waals surface area (Å²) in [5, 5.41) is 11.5. The maximum atomic E-state index is 11.5. The largest absolute Gasteiger partial charge is 1.00 e. The minimum absolute atomic E-state index is 0. The minimum atomic E-state index is -4.02. The summed E-state index contributed by atoms with van der Waals surface area (Å²) in [4.78, 5) is 3.65. The molecule has 0 spiro atoms. The van der Waals surface area contributed by atoms with Gasteiger partial charge in [-0.1, -0.05) is 116 Å². The summed E-state index contributed by atoms with van der Waals surface area (Å²) >= 11 is 0. The molecule has 0 aliphatic carbocycles. The first-order valence-corrected chi connectivity index (χ1v) is 13.7. The molecule has 0 aromatic carbocycles. The molecular formula is C23H46KNO4S. The number of hydrogen-bond donors (Lipinski definition) is 1. The first kappa shape index (κ1) is 33.2. The van der Waals surface area contributed by atoms with Gasteiger partial charge in [-0.2, -0.15) is 8.42 Å². The van der Waals surface area contributed by atoms with Crippen molar-refractivity contribution in [2.24, 2.45) is 4.99 Å². The van der Waals surface area contributed by atoms with Crippen LogP contribution < -0.4 is 56.5 Å². The van der Waals surface area contributed by atoms with E-state index in [2.05, 4.69) is 11.9 Å². The zero-order chi connectivity index (χ0) is 21.6. The summed E-state index contributed by atoms with van der Waals surface area (Å²) in [7, 11) is -4.02. The number of aliphatic imine (C=N–C) groups is 1. The Kier molecular flexibility index (Phi) is 27.3. The predicted octanol–water partition coefficient (Wildman–Crippen LogP) is 3.07. The maximum absolute atomic E-state index is 11.5. The van der Waals surface area contributed by atoms with Gasteiger partial charge < -0.3 is 10.1 Å². The van der Waals surface area contributed by atoms with Gasteiger partial charge in [0.1, 0.15) is 0 Å². The van der Waals surface area contributed by atoms with Crippen LogP contribution in [-0.4, -0.2) is 31.2 Å². The molecule has 0 aliphatic rings. The van der Waals surface area contributed by atoms with Gasteiger partial charge in [0.25, 0.3) is 10.1 Å². The molecule has 1 N–H and O–H groups in total. The fourth-order valence-corrected chi connectivity index (χ4v) is 3.86. The molecule has 0 rings (SSSR count). The average molecular weight is 472 g/mol. The van der Waals surface area contributed by atoms with Crippen molar-refractivity contribution in [3.05, 3.63) is 0 Å². The number of nitrogens with zero attached hydrogens (tertiary/aromatic N) is 1. The Labute approximate surface area is 229 Å². The third-order valence-corrected chi connectivity index (χ3v) is 6.08. The van der Waals surface area contributed by atoms with E-state index in [0.717, 1.165) is 19.3 Å². The van der Waals surface area contributed by atoms with Crippen molar-refractivity contribution < 1.29 is 69.5 Å². The molecule has 0 heterocycles. The maximum Gasteiger partial charge on any atom is 1.00 e. The van der Waals surface area contributed by atoms with E-state index in [1.54, 1.807) is 0 Å². The fourth-order valence-electron chi connectivity index (χ4n) is 3.54. The van der Waals surface area contributed by atoms with Crippen LogP contribution in [0.2, 0.25) is 0 Å². The fraction of sp³-hybridized carbons (Fsp3) is 0.957. The van der Waals surface area contributed by atoms with Crippen molar-refractivity contribution >= 4 is 16.0 Å². The van der Waals surface area contributed by atoms with Crippen molar-refractivity contribution in [1.82, 2.24) is 0 Å². The SMILES string of the molecule is CCCCCCCCCCCCCCCCCCCCC([O-])=NCCS(=O)(=O)O.[K+]. The second kappa shape index (κ2) is 24.7. The van der Waals surface area contributed by atoms with Gasteiger partial charge in [-0.25, -0.2) is 0 Å². The van der Waals surface area contributed by atoms with Gasteiger partial charge in [0.2, 0.25) is 0 Å². The van der Waals surface area contributed by atoms with Crippen molar-refractivity contribution in [3.63, 3.8) is 0 Å². The van der Waals surface area contributed by atoms with Crippen molar-refractivity contribution in [3.8, 4) is 0 Å². The van der Waals surface area contributed by atoms with E-state index in [0.29, 0.717) is 6.42 Å². The van der Waals surface area contributed by atoms with Gasteiger partial charge in [0.15, 0.2) is 0 Å². The molecule has 0 aromatic heterocycles. The predicted molar refractivity (Wildman–Crippen MR) is 122 cm³/mol. The summed E-state index contributed by atoms with van der Waals surface area (Å²) in [5.41, 5.74) is 0. The molecule has 0 aromatic rings. The molecule has 0 radical (unpaired) electrons. The van der Waals surface area contributed by atoms with E-state index in [1.165, 1.54) is 96.3 Å². The van der Waals surface area contributed by atoms with E-state index in [9.17, 15) is 13.5 Å².